The second kappa shape index (κ2) is 9.93. The molecule has 0 amide bonds. The molecule has 0 spiro atoms. The molecule has 0 aromatic rings. The average molecular weight is 190 g/mol. The van der Waals surface area contributed by atoms with Gasteiger partial charge in [0.1, 0.15) is 0 Å². The number of nitrogens with one attached hydrogen (secondary N) is 1. The van der Waals surface area contributed by atoms with E-state index in [1.54, 1.807) is 0 Å². The molecule has 0 aliphatic rings. The van der Waals surface area contributed by atoms with Crippen LogP contribution in [0.5, 0.6) is 0 Å². The minimum Gasteiger partial charge on any atom is -0.317 e. The van der Waals surface area contributed by atoms with Gasteiger partial charge >= 0.3 is 0 Å². The van der Waals surface area contributed by atoms with E-state index in [9.17, 15) is 4.39 Å². The van der Waals surface area contributed by atoms with Crippen LogP contribution >= 0.6 is 0 Å². The van der Waals surface area contributed by atoms with E-state index in [0.29, 0.717) is 6.42 Å². The molecule has 0 rings (SSSR count). The third-order valence-electron chi connectivity index (χ3n) is 2.21. The molecular weight excluding hydrogens is 167 g/mol. The number of rotatable bonds is 9. The van der Waals surface area contributed by atoms with Crippen molar-refractivity contribution >= 4 is 0 Å². The van der Waals surface area contributed by atoms with Crippen LogP contribution in [0.15, 0.2) is 0 Å². The van der Waals surface area contributed by atoms with Gasteiger partial charge in [-0.3, -0.25) is 4.39 Å². The molecule has 80 valence electrons. The second-order valence-corrected chi connectivity index (χ2v) is 3.17. The Kier molecular flexibility index (Phi) is 9.82. The monoisotopic (exact) mass is 190 g/mol. The molecule has 0 aromatic carbocycles. The largest absolute Gasteiger partial charge is 0.317 e. The van der Waals surface area contributed by atoms with Crippen LogP contribution in [-0.4, -0.2) is 44.3 Å². The molecule has 0 aromatic heterocycles. The van der Waals surface area contributed by atoms with E-state index < -0.39 is 0 Å². The van der Waals surface area contributed by atoms with Gasteiger partial charge in [0.05, 0.1) is 6.67 Å². The molecule has 0 radical (unpaired) electrons. The van der Waals surface area contributed by atoms with Gasteiger partial charge in [-0.2, -0.15) is 0 Å². The van der Waals surface area contributed by atoms with Gasteiger partial charge in [0.15, 0.2) is 0 Å². The van der Waals surface area contributed by atoms with Crippen LogP contribution in [0.1, 0.15) is 26.7 Å². The quantitative estimate of drug-likeness (QED) is 0.556. The van der Waals surface area contributed by atoms with E-state index in [0.717, 1.165) is 39.1 Å². The minimum atomic E-state index is -0.205. The lowest BCUT2D eigenvalue weighted by atomic mass is 10.3. The van der Waals surface area contributed by atoms with Crippen molar-refractivity contribution in [1.29, 1.82) is 0 Å². The van der Waals surface area contributed by atoms with Gasteiger partial charge in [-0.25, -0.2) is 0 Å². The summed E-state index contributed by atoms with van der Waals surface area (Å²) in [5.74, 6) is 0. The van der Waals surface area contributed by atoms with Crippen LogP contribution in [-0.2, 0) is 0 Å². The zero-order chi connectivity index (χ0) is 9.94. The van der Waals surface area contributed by atoms with Gasteiger partial charge in [-0.05, 0) is 45.6 Å². The Balaban J connectivity index is 3.05. The number of hydrogen-bond donors (Lipinski definition) is 1. The molecule has 0 aliphatic heterocycles. The highest BCUT2D eigenvalue weighted by atomic mass is 19.1. The number of alkyl halides is 1. The number of halogens is 1. The third kappa shape index (κ3) is 8.19. The van der Waals surface area contributed by atoms with E-state index in [1.165, 1.54) is 0 Å². The van der Waals surface area contributed by atoms with Crippen LogP contribution < -0.4 is 5.32 Å². The fourth-order valence-electron chi connectivity index (χ4n) is 1.28. The summed E-state index contributed by atoms with van der Waals surface area (Å²) in [6, 6.07) is 0. The van der Waals surface area contributed by atoms with Gasteiger partial charge in [-0.15, -0.1) is 0 Å². The smallest absolute Gasteiger partial charge is 0.0906 e. The normalized spacial score (nSPS) is 11.1. The number of nitrogens with zero attached hydrogens (tertiary/aromatic N) is 1. The first kappa shape index (κ1) is 12.8. The van der Waals surface area contributed by atoms with Crippen LogP contribution in [0.4, 0.5) is 4.39 Å². The van der Waals surface area contributed by atoms with E-state index in [2.05, 4.69) is 24.1 Å². The summed E-state index contributed by atoms with van der Waals surface area (Å²) < 4.78 is 11.7. The first-order valence-corrected chi connectivity index (χ1v) is 5.34. The molecular formula is C10H23FN2. The van der Waals surface area contributed by atoms with Crippen LogP contribution in [0.3, 0.4) is 0 Å². The first-order chi connectivity index (χ1) is 6.35. The summed E-state index contributed by atoms with van der Waals surface area (Å²) >= 11 is 0. The highest BCUT2D eigenvalue weighted by molar-refractivity contribution is 4.54. The Labute approximate surface area is 81.5 Å². The van der Waals surface area contributed by atoms with Crippen molar-refractivity contribution in [3.05, 3.63) is 0 Å². The summed E-state index contributed by atoms with van der Waals surface area (Å²) in [7, 11) is 0. The molecule has 0 fully saturated rings. The van der Waals surface area contributed by atoms with Gasteiger partial charge in [0.2, 0.25) is 0 Å². The van der Waals surface area contributed by atoms with Crippen LogP contribution in [0.25, 0.3) is 0 Å². The maximum Gasteiger partial charge on any atom is 0.0906 e. The van der Waals surface area contributed by atoms with E-state index in [4.69, 9.17) is 0 Å². The maximum absolute atomic E-state index is 11.7. The van der Waals surface area contributed by atoms with E-state index in [-0.39, 0.29) is 6.67 Å². The van der Waals surface area contributed by atoms with Gasteiger partial charge in [0.25, 0.3) is 0 Å². The minimum absolute atomic E-state index is 0.205. The summed E-state index contributed by atoms with van der Waals surface area (Å²) in [6.07, 6.45) is 1.80. The van der Waals surface area contributed by atoms with Crippen molar-refractivity contribution in [2.45, 2.75) is 26.7 Å². The highest BCUT2D eigenvalue weighted by Gasteiger charge is 1.96. The maximum atomic E-state index is 11.7. The Bertz CT molecular complexity index is 94.9. The lowest BCUT2D eigenvalue weighted by Gasteiger charge is -2.17. The Hall–Kier alpha value is -0.150. The number of hydrogen-bond acceptors (Lipinski definition) is 2. The van der Waals surface area contributed by atoms with Crippen molar-refractivity contribution in [3.63, 3.8) is 0 Å². The fraction of sp³-hybridized carbons (Fsp3) is 1.00. The highest BCUT2D eigenvalue weighted by Crippen LogP contribution is 1.89. The van der Waals surface area contributed by atoms with Crippen molar-refractivity contribution in [2.24, 2.45) is 0 Å². The van der Waals surface area contributed by atoms with Crippen molar-refractivity contribution in [2.75, 3.05) is 39.4 Å². The topological polar surface area (TPSA) is 15.3 Å². The van der Waals surface area contributed by atoms with Gasteiger partial charge < -0.3 is 10.2 Å². The fourth-order valence-corrected chi connectivity index (χ4v) is 1.28. The molecule has 0 atom stereocenters. The van der Waals surface area contributed by atoms with Gasteiger partial charge in [0, 0.05) is 0 Å². The summed E-state index contributed by atoms with van der Waals surface area (Å²) in [6.45, 7) is 9.38. The Morgan fingerprint density at radius 1 is 1.08 bits per heavy atom. The molecule has 0 saturated carbocycles. The first-order valence-electron chi connectivity index (χ1n) is 5.34. The lowest BCUT2D eigenvalue weighted by Crippen LogP contribution is -2.27. The summed E-state index contributed by atoms with van der Waals surface area (Å²) in [5.41, 5.74) is 0. The predicted octanol–water partition coefficient (Wildman–Crippen LogP) is 1.67. The van der Waals surface area contributed by atoms with E-state index in [1.807, 2.05) is 0 Å². The molecule has 0 heterocycles. The second-order valence-electron chi connectivity index (χ2n) is 3.17. The van der Waals surface area contributed by atoms with E-state index >= 15 is 0 Å². The zero-order valence-electron chi connectivity index (χ0n) is 8.98. The van der Waals surface area contributed by atoms with Gasteiger partial charge in [-0.1, -0.05) is 13.8 Å². The Morgan fingerprint density at radius 3 is 2.23 bits per heavy atom. The molecule has 0 saturated heterocycles. The SMILES string of the molecule is CCN(CC)CCCNCCCF. The molecule has 0 bridgehead atoms. The summed E-state index contributed by atoms with van der Waals surface area (Å²) in [4.78, 5) is 2.40. The van der Waals surface area contributed by atoms with Crippen LogP contribution in [0, 0.1) is 0 Å². The molecule has 0 unspecified atom stereocenters. The van der Waals surface area contributed by atoms with Crippen molar-refractivity contribution in [1.82, 2.24) is 10.2 Å². The molecule has 13 heavy (non-hydrogen) atoms. The van der Waals surface area contributed by atoms with Crippen molar-refractivity contribution < 1.29 is 4.39 Å². The third-order valence-corrected chi connectivity index (χ3v) is 2.21. The molecule has 0 aliphatic carbocycles. The lowest BCUT2D eigenvalue weighted by molar-refractivity contribution is 0.297. The zero-order valence-corrected chi connectivity index (χ0v) is 8.98. The molecule has 1 N–H and O–H groups in total. The van der Waals surface area contributed by atoms with Crippen molar-refractivity contribution in [3.8, 4) is 0 Å². The summed E-state index contributed by atoms with van der Waals surface area (Å²) in [5, 5.41) is 3.22. The predicted molar refractivity (Wildman–Crippen MR) is 55.9 cm³/mol. The Morgan fingerprint density at radius 2 is 1.69 bits per heavy atom. The average Bonchev–Trinajstić information content (AvgIpc) is 2.17. The molecule has 2 nitrogen and oxygen atoms in total. The molecule has 3 heteroatoms. The van der Waals surface area contributed by atoms with Crippen LogP contribution in [0.2, 0.25) is 0 Å². The standard InChI is InChI=1S/C10H23FN2/c1-3-13(4-2)10-6-9-12-8-5-7-11/h12H,3-10H2,1-2H3.